The number of carbonyl (C=O) groups excluding carboxylic acids is 1. The number of anilines is 1. The van der Waals surface area contributed by atoms with Crippen molar-refractivity contribution in [1.82, 2.24) is 9.80 Å². The number of amidine groups is 1. The molecule has 1 amide bonds. The third-order valence-electron chi connectivity index (χ3n) is 8.05. The van der Waals surface area contributed by atoms with Crippen LogP contribution in [0.3, 0.4) is 0 Å². The molecule has 10 heteroatoms. The summed E-state index contributed by atoms with van der Waals surface area (Å²) < 4.78 is 17.1. The predicted octanol–water partition coefficient (Wildman–Crippen LogP) is 4.16. The lowest BCUT2D eigenvalue weighted by molar-refractivity contribution is -0.713. The number of carbonyl (C=O) groups is 1. The second-order valence-electron chi connectivity index (χ2n) is 10.7. The Balaban J connectivity index is 1.35. The number of fused-ring (bicyclic) bond motifs is 1. The molecule has 1 N–H and O–H groups in total. The lowest BCUT2D eigenvalue weighted by Crippen LogP contribution is -2.51. The van der Waals surface area contributed by atoms with E-state index in [2.05, 4.69) is 40.3 Å². The fourth-order valence-electron chi connectivity index (χ4n) is 5.83. The van der Waals surface area contributed by atoms with Crippen LogP contribution in [0.5, 0.6) is 5.75 Å². The second kappa shape index (κ2) is 11.9. The first kappa shape index (κ1) is 27.4. The highest BCUT2D eigenvalue weighted by atomic mass is 16.6. The lowest BCUT2D eigenvalue weighted by atomic mass is 10.1. The summed E-state index contributed by atoms with van der Waals surface area (Å²) in [6.45, 7) is 9.58. The maximum Gasteiger partial charge on any atom is 0.412 e. The van der Waals surface area contributed by atoms with Gasteiger partial charge in [-0.25, -0.2) is 9.28 Å². The van der Waals surface area contributed by atoms with Gasteiger partial charge in [-0.2, -0.15) is 4.99 Å². The van der Waals surface area contributed by atoms with Crippen LogP contribution in [0.25, 0.3) is 0 Å². The summed E-state index contributed by atoms with van der Waals surface area (Å²) in [5.41, 5.74) is 2.53. The van der Waals surface area contributed by atoms with Gasteiger partial charge in [-0.1, -0.05) is 13.3 Å². The van der Waals surface area contributed by atoms with Crippen LogP contribution in [0.2, 0.25) is 0 Å². The zero-order chi connectivity index (χ0) is 27.4. The normalized spacial score (nSPS) is 24.4. The SMILES string of the molecule is CCC[C@H](C)OC(=O)Nc1ccc(C2=NC(N3CCN(C4CCOCC4)CC3)=C3C=NC=C[N+]23C)cc1OC. The molecule has 0 radical (unpaired) electrons. The number of nitrogens with zero attached hydrogens (tertiary/aromatic N) is 5. The number of amides is 1. The third kappa shape index (κ3) is 5.73. The van der Waals surface area contributed by atoms with Crippen molar-refractivity contribution in [2.24, 2.45) is 9.98 Å². The van der Waals surface area contributed by atoms with E-state index in [4.69, 9.17) is 19.2 Å². The van der Waals surface area contributed by atoms with Crippen molar-refractivity contribution in [2.45, 2.75) is 51.7 Å². The highest BCUT2D eigenvalue weighted by Gasteiger charge is 2.44. The number of methoxy groups -OCH3 is 1. The molecule has 1 unspecified atom stereocenters. The van der Waals surface area contributed by atoms with Crippen LogP contribution in [0, 0.1) is 0 Å². The predicted molar refractivity (Wildman–Crippen MR) is 152 cm³/mol. The van der Waals surface area contributed by atoms with Gasteiger partial charge in [0.1, 0.15) is 18.1 Å². The van der Waals surface area contributed by atoms with Gasteiger partial charge in [-0.05, 0) is 44.4 Å². The highest BCUT2D eigenvalue weighted by molar-refractivity contribution is 6.01. The molecule has 2 fully saturated rings. The number of nitrogens with one attached hydrogen (secondary N) is 1. The van der Waals surface area contributed by atoms with Crippen molar-refractivity contribution in [3.8, 4) is 5.75 Å². The molecule has 0 spiro atoms. The first-order valence-corrected chi connectivity index (χ1v) is 14.1. The van der Waals surface area contributed by atoms with E-state index in [0.717, 1.165) is 88.0 Å². The minimum absolute atomic E-state index is 0.147. The summed E-state index contributed by atoms with van der Waals surface area (Å²) in [5.74, 6) is 2.41. The Labute approximate surface area is 231 Å². The monoisotopic (exact) mass is 537 g/mol. The molecule has 0 saturated carbocycles. The van der Waals surface area contributed by atoms with Gasteiger partial charge in [0.05, 0.1) is 37.8 Å². The van der Waals surface area contributed by atoms with E-state index in [-0.39, 0.29) is 6.10 Å². The van der Waals surface area contributed by atoms with E-state index in [0.29, 0.717) is 22.0 Å². The molecule has 2 atom stereocenters. The van der Waals surface area contributed by atoms with Crippen LogP contribution in [-0.2, 0) is 9.47 Å². The maximum absolute atomic E-state index is 12.4. The number of allylic oxidation sites excluding steroid dienone is 1. The van der Waals surface area contributed by atoms with Crippen LogP contribution >= 0.6 is 0 Å². The Kier molecular flexibility index (Phi) is 8.34. The molecule has 4 aliphatic rings. The molecule has 5 rings (SSSR count). The standard InChI is InChI=1S/C29H40N6O4/c1-5-6-21(2)39-29(36)31-24-8-7-22(19-26(24)37-4)28-32-27(25-20-30-11-16-35(25,28)3)34-14-12-33(13-15-34)23-9-17-38-18-10-23/h7-8,11,16,19-21,23H,5-6,9-10,12-15,17-18H2,1-4H3/p+1/t21-,35?/m0/s1. The zero-order valence-electron chi connectivity index (χ0n) is 23.6. The Morgan fingerprint density at radius 3 is 2.72 bits per heavy atom. The Morgan fingerprint density at radius 2 is 2.00 bits per heavy atom. The molecule has 39 heavy (non-hydrogen) atoms. The van der Waals surface area contributed by atoms with E-state index >= 15 is 0 Å². The van der Waals surface area contributed by atoms with Crippen molar-refractivity contribution in [1.29, 1.82) is 0 Å². The van der Waals surface area contributed by atoms with Crippen LogP contribution in [-0.4, -0.2) is 98.1 Å². The molecular weight excluding hydrogens is 496 g/mol. The number of aliphatic imine (C=N–C) groups is 2. The minimum Gasteiger partial charge on any atom is -0.495 e. The molecule has 0 bridgehead atoms. The van der Waals surface area contributed by atoms with Crippen molar-refractivity contribution < 1.29 is 23.5 Å². The van der Waals surface area contributed by atoms with E-state index in [9.17, 15) is 4.79 Å². The summed E-state index contributed by atoms with van der Waals surface area (Å²) >= 11 is 0. The number of hydrogen-bond acceptors (Lipinski definition) is 8. The van der Waals surface area contributed by atoms with Gasteiger partial charge in [0.2, 0.25) is 11.5 Å². The molecular formula is C29H41N6O4+. The summed E-state index contributed by atoms with van der Waals surface area (Å²) in [4.78, 5) is 27.1. The number of benzene rings is 1. The third-order valence-corrected chi connectivity index (χ3v) is 8.05. The van der Waals surface area contributed by atoms with Crippen molar-refractivity contribution in [3.63, 3.8) is 0 Å². The maximum atomic E-state index is 12.4. The molecule has 2 saturated heterocycles. The zero-order valence-corrected chi connectivity index (χ0v) is 23.6. The van der Waals surface area contributed by atoms with Crippen molar-refractivity contribution in [3.05, 3.63) is 47.7 Å². The van der Waals surface area contributed by atoms with Gasteiger partial charge in [0, 0.05) is 45.4 Å². The number of ether oxygens (including phenoxy) is 3. The van der Waals surface area contributed by atoms with Gasteiger partial charge in [-0.15, -0.1) is 0 Å². The molecule has 0 aromatic heterocycles. The first-order chi connectivity index (χ1) is 18.9. The van der Waals surface area contributed by atoms with Gasteiger partial charge < -0.3 is 19.1 Å². The van der Waals surface area contributed by atoms with E-state index in [1.165, 1.54) is 0 Å². The quantitative estimate of drug-likeness (QED) is 0.501. The van der Waals surface area contributed by atoms with E-state index < -0.39 is 6.09 Å². The minimum atomic E-state index is -0.486. The van der Waals surface area contributed by atoms with Crippen LogP contribution in [0.4, 0.5) is 10.5 Å². The molecule has 1 aromatic rings. The number of rotatable bonds is 8. The molecule has 0 aliphatic carbocycles. The Morgan fingerprint density at radius 1 is 1.23 bits per heavy atom. The van der Waals surface area contributed by atoms with Gasteiger partial charge in [0.15, 0.2) is 5.82 Å². The van der Waals surface area contributed by atoms with Gasteiger partial charge >= 0.3 is 6.09 Å². The summed E-state index contributed by atoms with van der Waals surface area (Å²) in [7, 11) is 3.73. The summed E-state index contributed by atoms with van der Waals surface area (Å²) in [5, 5.41) is 2.83. The molecule has 10 nitrogen and oxygen atoms in total. The fraction of sp³-hybridized carbons (Fsp3) is 0.552. The smallest absolute Gasteiger partial charge is 0.412 e. The van der Waals surface area contributed by atoms with Crippen LogP contribution in [0.15, 0.2) is 52.1 Å². The van der Waals surface area contributed by atoms with E-state index in [1.807, 2.05) is 37.5 Å². The molecule has 4 heterocycles. The van der Waals surface area contributed by atoms with Gasteiger partial charge in [0.25, 0.3) is 0 Å². The average Bonchev–Trinajstić information content (AvgIpc) is 3.27. The first-order valence-electron chi connectivity index (χ1n) is 14.1. The highest BCUT2D eigenvalue weighted by Crippen LogP contribution is 2.37. The topological polar surface area (TPSA) is 88.0 Å². The van der Waals surface area contributed by atoms with Crippen molar-refractivity contribution >= 4 is 23.8 Å². The summed E-state index contributed by atoms with van der Waals surface area (Å²) in [6, 6.07) is 6.37. The lowest BCUT2D eigenvalue weighted by Gasteiger charge is -2.41. The summed E-state index contributed by atoms with van der Waals surface area (Å²) in [6.07, 6.45) is 9.18. The number of hydrogen-bond donors (Lipinski definition) is 1. The number of piperazine rings is 1. The number of quaternary nitrogens is 1. The second-order valence-corrected chi connectivity index (χ2v) is 10.7. The van der Waals surface area contributed by atoms with Crippen LogP contribution < -0.4 is 10.1 Å². The Bertz CT molecular complexity index is 1180. The van der Waals surface area contributed by atoms with Crippen molar-refractivity contribution in [2.75, 3.05) is 58.9 Å². The molecule has 1 aromatic carbocycles. The molecule has 4 aliphatic heterocycles. The van der Waals surface area contributed by atoms with Gasteiger partial charge in [-0.3, -0.25) is 15.2 Å². The van der Waals surface area contributed by atoms with E-state index in [1.54, 1.807) is 7.11 Å². The van der Waals surface area contributed by atoms with Crippen LogP contribution in [0.1, 0.15) is 45.1 Å². The fourth-order valence-corrected chi connectivity index (χ4v) is 5.83. The Hall–Kier alpha value is -3.21. The molecule has 210 valence electrons. The average molecular weight is 538 g/mol. The largest absolute Gasteiger partial charge is 0.495 e.